The quantitative estimate of drug-likeness (QED) is 0.412. The van der Waals surface area contributed by atoms with Crippen molar-refractivity contribution in [2.75, 3.05) is 0 Å². The molecule has 0 N–H and O–H groups in total. The van der Waals surface area contributed by atoms with E-state index in [0.29, 0.717) is 0 Å². The van der Waals surface area contributed by atoms with Gasteiger partial charge in [-0.3, -0.25) is 0 Å². The summed E-state index contributed by atoms with van der Waals surface area (Å²) in [6, 6.07) is 20.1. The molecule has 26 heavy (non-hydrogen) atoms. The largest absolute Gasteiger partial charge is 0.0699 e. The van der Waals surface area contributed by atoms with Gasteiger partial charge in [-0.2, -0.15) is 0 Å². The Kier molecular flexibility index (Phi) is 7.31. The molecule has 0 fully saturated rings. The number of unbranched alkanes of at least 4 members (excludes halogenated alkanes) is 2. The van der Waals surface area contributed by atoms with Crippen molar-refractivity contribution in [3.8, 4) is 0 Å². The van der Waals surface area contributed by atoms with Gasteiger partial charge in [-0.15, -0.1) is 0 Å². The fourth-order valence-electron chi connectivity index (χ4n) is 3.72. The van der Waals surface area contributed by atoms with Crippen molar-refractivity contribution in [2.24, 2.45) is 0 Å². The summed E-state index contributed by atoms with van der Waals surface area (Å²) in [4.78, 5) is 0. The summed E-state index contributed by atoms with van der Waals surface area (Å²) in [6.45, 7) is 2.27. The lowest BCUT2D eigenvalue weighted by Gasteiger charge is -2.15. The van der Waals surface area contributed by atoms with Crippen LogP contribution in [-0.2, 0) is 12.8 Å². The van der Waals surface area contributed by atoms with Gasteiger partial charge in [0.15, 0.2) is 0 Å². The second kappa shape index (κ2) is 10.2. The Morgan fingerprint density at radius 2 is 1.35 bits per heavy atom. The Labute approximate surface area is 159 Å². The van der Waals surface area contributed by atoms with Gasteiger partial charge >= 0.3 is 0 Å². The van der Waals surface area contributed by atoms with Crippen LogP contribution in [0.3, 0.4) is 0 Å². The summed E-state index contributed by atoms with van der Waals surface area (Å²) in [6.07, 6.45) is 16.0. The van der Waals surface area contributed by atoms with Crippen LogP contribution < -0.4 is 0 Å². The summed E-state index contributed by atoms with van der Waals surface area (Å²) < 4.78 is 0. The molecule has 0 unspecified atom stereocenters. The molecule has 0 saturated heterocycles. The van der Waals surface area contributed by atoms with E-state index in [1.807, 2.05) is 0 Å². The molecule has 0 aromatic heterocycles. The molecule has 3 rings (SSSR count). The van der Waals surface area contributed by atoms with Gasteiger partial charge in [0, 0.05) is 0 Å². The molecule has 1 aliphatic rings. The van der Waals surface area contributed by atoms with E-state index in [1.165, 1.54) is 80.1 Å². The van der Waals surface area contributed by atoms with Crippen LogP contribution in [-0.4, -0.2) is 0 Å². The number of allylic oxidation sites excluding steroid dienone is 4. The molecule has 2 aromatic carbocycles. The maximum atomic E-state index is 2.37. The topological polar surface area (TPSA) is 0 Å². The third-order valence-corrected chi connectivity index (χ3v) is 5.44. The van der Waals surface area contributed by atoms with E-state index >= 15 is 0 Å². The first-order chi connectivity index (χ1) is 12.8. The zero-order valence-corrected chi connectivity index (χ0v) is 16.2. The van der Waals surface area contributed by atoms with E-state index < -0.39 is 0 Å². The number of aryl methyl sites for hydroxylation is 2. The summed E-state index contributed by atoms with van der Waals surface area (Å²) in [5.74, 6) is 0. The van der Waals surface area contributed by atoms with E-state index in [1.54, 1.807) is 5.57 Å². The number of benzene rings is 2. The minimum Gasteiger partial charge on any atom is -0.0699 e. The van der Waals surface area contributed by atoms with Crippen LogP contribution in [0.2, 0.25) is 0 Å². The summed E-state index contributed by atoms with van der Waals surface area (Å²) in [7, 11) is 0. The molecule has 0 heteroatoms. The molecule has 0 nitrogen and oxygen atoms in total. The molecule has 0 amide bonds. The number of hydrogen-bond donors (Lipinski definition) is 0. The lowest BCUT2D eigenvalue weighted by molar-refractivity contribution is 0.734. The Balaban J connectivity index is 1.46. The van der Waals surface area contributed by atoms with Crippen molar-refractivity contribution in [3.63, 3.8) is 0 Å². The zero-order chi connectivity index (χ0) is 18.0. The minimum atomic E-state index is 1.19. The van der Waals surface area contributed by atoms with Gasteiger partial charge in [-0.05, 0) is 73.6 Å². The average Bonchev–Trinajstić information content (AvgIpc) is 2.71. The second-order valence-electron chi connectivity index (χ2n) is 7.51. The summed E-state index contributed by atoms with van der Waals surface area (Å²) >= 11 is 0. The monoisotopic (exact) mass is 344 g/mol. The molecular formula is C26H32. The van der Waals surface area contributed by atoms with Gasteiger partial charge in [0.25, 0.3) is 0 Å². The van der Waals surface area contributed by atoms with Gasteiger partial charge in [-0.1, -0.05) is 85.7 Å². The maximum absolute atomic E-state index is 2.37. The first-order valence-corrected chi connectivity index (χ1v) is 10.4. The van der Waals surface area contributed by atoms with Crippen LogP contribution >= 0.6 is 0 Å². The lowest BCUT2D eigenvalue weighted by Crippen LogP contribution is -1.95. The Morgan fingerprint density at radius 3 is 1.96 bits per heavy atom. The van der Waals surface area contributed by atoms with Crippen LogP contribution in [0, 0.1) is 0 Å². The van der Waals surface area contributed by atoms with Gasteiger partial charge in [0.1, 0.15) is 0 Å². The highest BCUT2D eigenvalue weighted by molar-refractivity contribution is 5.68. The van der Waals surface area contributed by atoms with Gasteiger partial charge in [0.2, 0.25) is 0 Å². The van der Waals surface area contributed by atoms with Crippen molar-refractivity contribution in [3.05, 3.63) is 89.0 Å². The lowest BCUT2D eigenvalue weighted by atomic mass is 9.90. The number of rotatable bonds is 9. The fraction of sp³-hybridized carbons (Fsp3) is 0.385. The SMILES string of the molecule is CCCCC1=CC=C(c2ccc(CCCCc3ccccc3)cc2)CC1. The smallest absolute Gasteiger partial charge is 0.0224 e. The predicted molar refractivity (Wildman–Crippen MR) is 114 cm³/mol. The van der Waals surface area contributed by atoms with E-state index in [0.717, 1.165) is 0 Å². The predicted octanol–water partition coefficient (Wildman–Crippen LogP) is 7.55. The maximum Gasteiger partial charge on any atom is -0.0224 e. The third-order valence-electron chi connectivity index (χ3n) is 5.44. The fourth-order valence-corrected chi connectivity index (χ4v) is 3.72. The van der Waals surface area contributed by atoms with E-state index in [4.69, 9.17) is 0 Å². The molecular weight excluding hydrogens is 312 g/mol. The normalized spacial score (nSPS) is 14.0. The molecule has 0 heterocycles. The van der Waals surface area contributed by atoms with Crippen LogP contribution in [0.5, 0.6) is 0 Å². The average molecular weight is 345 g/mol. The standard InChI is InChI=1S/C26H32/c1-2-3-9-23-14-18-25(19-15-23)26-20-16-24(17-21-26)13-8-7-12-22-10-5-4-6-11-22/h4-6,10-11,14,16-18,20-21H,2-3,7-9,12-13,15,19H2,1H3. The Morgan fingerprint density at radius 1 is 0.654 bits per heavy atom. The second-order valence-corrected chi connectivity index (χ2v) is 7.51. The molecule has 136 valence electrons. The van der Waals surface area contributed by atoms with E-state index in [2.05, 4.69) is 73.7 Å². The molecule has 0 radical (unpaired) electrons. The molecule has 0 aliphatic heterocycles. The van der Waals surface area contributed by atoms with Crippen molar-refractivity contribution >= 4 is 5.57 Å². The highest BCUT2D eigenvalue weighted by Crippen LogP contribution is 2.29. The molecule has 0 saturated carbocycles. The number of hydrogen-bond acceptors (Lipinski definition) is 0. The summed E-state index contributed by atoms with van der Waals surface area (Å²) in [5.41, 5.74) is 7.46. The molecule has 1 aliphatic carbocycles. The van der Waals surface area contributed by atoms with Gasteiger partial charge < -0.3 is 0 Å². The van der Waals surface area contributed by atoms with Crippen LogP contribution in [0.1, 0.15) is 68.6 Å². The van der Waals surface area contributed by atoms with Crippen molar-refractivity contribution in [1.82, 2.24) is 0 Å². The van der Waals surface area contributed by atoms with Crippen molar-refractivity contribution < 1.29 is 0 Å². The first-order valence-electron chi connectivity index (χ1n) is 10.4. The van der Waals surface area contributed by atoms with Crippen molar-refractivity contribution in [2.45, 2.75) is 64.7 Å². The van der Waals surface area contributed by atoms with Gasteiger partial charge in [-0.25, -0.2) is 0 Å². The molecule has 0 atom stereocenters. The van der Waals surface area contributed by atoms with Crippen LogP contribution in [0.25, 0.3) is 5.57 Å². The van der Waals surface area contributed by atoms with Crippen LogP contribution in [0.15, 0.2) is 72.3 Å². The van der Waals surface area contributed by atoms with Gasteiger partial charge in [0.05, 0.1) is 0 Å². The molecule has 0 bridgehead atoms. The summed E-state index contributed by atoms with van der Waals surface area (Å²) in [5, 5.41) is 0. The minimum absolute atomic E-state index is 1.19. The highest BCUT2D eigenvalue weighted by atomic mass is 14.1. The third kappa shape index (κ3) is 5.73. The zero-order valence-electron chi connectivity index (χ0n) is 16.2. The molecule has 0 spiro atoms. The van der Waals surface area contributed by atoms with E-state index in [-0.39, 0.29) is 0 Å². The Hall–Kier alpha value is -2.08. The first kappa shape index (κ1) is 18.7. The van der Waals surface area contributed by atoms with Crippen molar-refractivity contribution in [1.29, 1.82) is 0 Å². The Bertz CT molecular complexity index is 716. The highest BCUT2D eigenvalue weighted by Gasteiger charge is 2.08. The molecule has 2 aromatic rings. The van der Waals surface area contributed by atoms with E-state index in [9.17, 15) is 0 Å². The van der Waals surface area contributed by atoms with Crippen LogP contribution in [0.4, 0.5) is 0 Å².